The average molecular weight is 327 g/mol. The highest BCUT2D eigenvalue weighted by Crippen LogP contribution is 2.37. The van der Waals surface area contributed by atoms with E-state index in [9.17, 15) is 0 Å². The van der Waals surface area contributed by atoms with Crippen LogP contribution in [0.2, 0.25) is 0 Å². The van der Waals surface area contributed by atoms with Crippen molar-refractivity contribution >= 4 is 0 Å². The van der Waals surface area contributed by atoms with Crippen LogP contribution < -0.4 is 9.47 Å². The molecule has 1 saturated heterocycles. The van der Waals surface area contributed by atoms with Crippen molar-refractivity contribution in [3.05, 3.63) is 40.7 Å². The number of aryl methyl sites for hydroxylation is 2. The fourth-order valence-corrected chi connectivity index (χ4v) is 4.04. The molecular weight excluding hydrogens is 302 g/mol. The Bertz CT molecular complexity index is 753. The lowest BCUT2D eigenvalue weighted by Crippen LogP contribution is -2.24. The highest BCUT2D eigenvalue weighted by atomic mass is 16.6. The molecule has 1 aromatic heterocycles. The van der Waals surface area contributed by atoms with Gasteiger partial charge >= 0.3 is 0 Å². The largest absolute Gasteiger partial charge is 0.486 e. The van der Waals surface area contributed by atoms with Crippen LogP contribution in [0.25, 0.3) is 0 Å². The number of aromatic nitrogens is 2. The number of ether oxygens (including phenoxy) is 2. The topological polar surface area (TPSA) is 39.5 Å². The molecule has 2 aliphatic heterocycles. The summed E-state index contributed by atoms with van der Waals surface area (Å²) in [5.41, 5.74) is 5.14. The second-order valence-corrected chi connectivity index (χ2v) is 6.81. The molecule has 0 spiro atoms. The van der Waals surface area contributed by atoms with E-state index < -0.39 is 0 Å². The molecule has 5 heteroatoms. The Morgan fingerprint density at radius 1 is 1.17 bits per heavy atom. The van der Waals surface area contributed by atoms with Gasteiger partial charge in [0.1, 0.15) is 13.2 Å². The molecule has 1 atom stereocenters. The van der Waals surface area contributed by atoms with Gasteiger partial charge in [-0.2, -0.15) is 5.10 Å². The van der Waals surface area contributed by atoms with Crippen LogP contribution in [0.3, 0.4) is 0 Å². The van der Waals surface area contributed by atoms with Crippen LogP contribution in [0.15, 0.2) is 18.2 Å². The average Bonchev–Trinajstić information content (AvgIpc) is 3.12. The smallest absolute Gasteiger partial charge is 0.161 e. The lowest BCUT2D eigenvalue weighted by molar-refractivity contribution is 0.171. The van der Waals surface area contributed by atoms with Crippen LogP contribution in [-0.4, -0.2) is 34.4 Å². The molecule has 0 saturated carbocycles. The van der Waals surface area contributed by atoms with Gasteiger partial charge in [-0.15, -0.1) is 0 Å². The van der Waals surface area contributed by atoms with Crippen molar-refractivity contribution in [2.75, 3.05) is 19.8 Å². The van der Waals surface area contributed by atoms with Gasteiger partial charge in [0.2, 0.25) is 0 Å². The van der Waals surface area contributed by atoms with E-state index in [4.69, 9.17) is 9.47 Å². The van der Waals surface area contributed by atoms with Gasteiger partial charge in [0.05, 0.1) is 5.69 Å². The highest BCUT2D eigenvalue weighted by Gasteiger charge is 2.30. The van der Waals surface area contributed by atoms with Crippen LogP contribution in [-0.2, 0) is 13.6 Å². The Morgan fingerprint density at radius 2 is 1.96 bits per heavy atom. The molecular formula is C19H25N3O2. The predicted octanol–water partition coefficient (Wildman–Crippen LogP) is 3.15. The summed E-state index contributed by atoms with van der Waals surface area (Å²) in [4.78, 5) is 2.57. The minimum atomic E-state index is 0.465. The number of hydrogen-bond acceptors (Lipinski definition) is 4. The Labute approximate surface area is 143 Å². The van der Waals surface area contributed by atoms with Gasteiger partial charge in [0.25, 0.3) is 0 Å². The Kier molecular flexibility index (Phi) is 3.96. The molecule has 1 fully saturated rings. The maximum Gasteiger partial charge on any atom is 0.161 e. The van der Waals surface area contributed by atoms with Crippen molar-refractivity contribution in [3.63, 3.8) is 0 Å². The third-order valence-electron chi connectivity index (χ3n) is 5.25. The van der Waals surface area contributed by atoms with Gasteiger partial charge in [-0.25, -0.2) is 0 Å². The van der Waals surface area contributed by atoms with E-state index in [2.05, 4.69) is 36.0 Å². The van der Waals surface area contributed by atoms with Gasteiger partial charge in [-0.3, -0.25) is 9.58 Å². The Balaban J connectivity index is 1.57. The molecule has 3 heterocycles. The van der Waals surface area contributed by atoms with Crippen molar-refractivity contribution in [1.29, 1.82) is 0 Å². The zero-order chi connectivity index (χ0) is 16.7. The second kappa shape index (κ2) is 6.13. The summed E-state index contributed by atoms with van der Waals surface area (Å²) in [6.45, 7) is 7.65. The first-order valence-electron chi connectivity index (χ1n) is 8.76. The van der Waals surface area contributed by atoms with E-state index in [1.54, 1.807) is 0 Å². The zero-order valence-electron chi connectivity index (χ0n) is 14.7. The third-order valence-corrected chi connectivity index (χ3v) is 5.25. The number of benzene rings is 1. The summed E-state index contributed by atoms with van der Waals surface area (Å²) >= 11 is 0. The number of rotatable bonds is 3. The molecule has 0 aliphatic carbocycles. The Hall–Kier alpha value is -2.01. The van der Waals surface area contributed by atoms with Gasteiger partial charge in [0.15, 0.2) is 11.5 Å². The van der Waals surface area contributed by atoms with Crippen molar-refractivity contribution < 1.29 is 9.47 Å². The SMILES string of the molecule is Cc1nn(C)c(C)c1C1CCCN1Cc1ccc2c(c1)OCCO2. The molecule has 0 N–H and O–H groups in total. The van der Waals surface area contributed by atoms with Crippen molar-refractivity contribution in [1.82, 2.24) is 14.7 Å². The van der Waals surface area contributed by atoms with Crippen LogP contribution in [0.4, 0.5) is 0 Å². The molecule has 24 heavy (non-hydrogen) atoms. The number of fused-ring (bicyclic) bond motifs is 1. The lowest BCUT2D eigenvalue weighted by Gasteiger charge is -2.26. The highest BCUT2D eigenvalue weighted by molar-refractivity contribution is 5.44. The number of hydrogen-bond donors (Lipinski definition) is 0. The Morgan fingerprint density at radius 3 is 2.71 bits per heavy atom. The number of nitrogens with zero attached hydrogens (tertiary/aromatic N) is 3. The normalized spacial score (nSPS) is 20.5. The minimum absolute atomic E-state index is 0.465. The molecule has 128 valence electrons. The molecule has 1 aromatic carbocycles. The van der Waals surface area contributed by atoms with Gasteiger partial charge < -0.3 is 9.47 Å². The molecule has 2 aromatic rings. The van der Waals surface area contributed by atoms with E-state index in [0.29, 0.717) is 19.3 Å². The van der Waals surface area contributed by atoms with Crippen molar-refractivity contribution in [3.8, 4) is 11.5 Å². The zero-order valence-corrected chi connectivity index (χ0v) is 14.7. The minimum Gasteiger partial charge on any atom is -0.486 e. The quantitative estimate of drug-likeness (QED) is 0.868. The molecule has 0 bridgehead atoms. The second-order valence-electron chi connectivity index (χ2n) is 6.81. The van der Waals surface area contributed by atoms with Crippen LogP contribution >= 0.6 is 0 Å². The lowest BCUT2D eigenvalue weighted by atomic mass is 10.0. The van der Waals surface area contributed by atoms with Gasteiger partial charge in [-0.1, -0.05) is 6.07 Å². The predicted molar refractivity (Wildman–Crippen MR) is 92.5 cm³/mol. The van der Waals surface area contributed by atoms with Gasteiger partial charge in [-0.05, 0) is 50.9 Å². The fourth-order valence-electron chi connectivity index (χ4n) is 4.04. The standard InChI is InChI=1S/C19H25N3O2/c1-13-19(14(2)21(3)20-13)16-5-4-8-22(16)12-15-6-7-17-18(11-15)24-10-9-23-17/h6-7,11,16H,4-5,8-10,12H2,1-3H3. The van der Waals surface area contributed by atoms with E-state index in [1.165, 1.54) is 29.7 Å². The van der Waals surface area contributed by atoms with Crippen LogP contribution in [0.1, 0.15) is 41.4 Å². The molecule has 0 radical (unpaired) electrons. The summed E-state index contributed by atoms with van der Waals surface area (Å²) in [6, 6.07) is 6.79. The summed E-state index contributed by atoms with van der Waals surface area (Å²) in [6.07, 6.45) is 2.45. The summed E-state index contributed by atoms with van der Waals surface area (Å²) < 4.78 is 13.4. The van der Waals surface area contributed by atoms with Crippen molar-refractivity contribution in [2.45, 2.75) is 39.3 Å². The molecule has 1 unspecified atom stereocenters. The van der Waals surface area contributed by atoms with Crippen LogP contribution in [0.5, 0.6) is 11.5 Å². The number of likely N-dealkylation sites (tertiary alicyclic amines) is 1. The van der Waals surface area contributed by atoms with Gasteiger partial charge in [0, 0.05) is 30.9 Å². The third kappa shape index (κ3) is 2.67. The van der Waals surface area contributed by atoms with Crippen LogP contribution in [0, 0.1) is 13.8 Å². The molecule has 0 amide bonds. The first kappa shape index (κ1) is 15.5. The summed E-state index contributed by atoms with van der Waals surface area (Å²) in [5, 5.41) is 4.61. The van der Waals surface area contributed by atoms with E-state index in [-0.39, 0.29) is 0 Å². The van der Waals surface area contributed by atoms with E-state index >= 15 is 0 Å². The van der Waals surface area contributed by atoms with E-state index in [0.717, 1.165) is 30.3 Å². The van der Waals surface area contributed by atoms with E-state index in [1.807, 2.05) is 17.8 Å². The fraction of sp³-hybridized carbons (Fsp3) is 0.526. The maximum absolute atomic E-state index is 5.72. The maximum atomic E-state index is 5.72. The first-order chi connectivity index (χ1) is 11.6. The first-order valence-corrected chi connectivity index (χ1v) is 8.76. The molecule has 2 aliphatic rings. The monoisotopic (exact) mass is 327 g/mol. The van der Waals surface area contributed by atoms with Crippen molar-refractivity contribution in [2.24, 2.45) is 7.05 Å². The molecule has 4 rings (SSSR count). The summed E-state index contributed by atoms with van der Waals surface area (Å²) in [7, 11) is 2.03. The summed E-state index contributed by atoms with van der Waals surface area (Å²) in [5.74, 6) is 1.74. The molecule has 5 nitrogen and oxygen atoms in total.